The molecular formula is C19H22N2O2. The Hall–Kier alpha value is -2.49. The number of benzene rings is 2. The summed E-state index contributed by atoms with van der Waals surface area (Å²) >= 11 is 0. The average Bonchev–Trinajstić information content (AvgIpc) is 3.44. The Balaban J connectivity index is 1.47. The van der Waals surface area contributed by atoms with E-state index in [1.807, 2.05) is 48.5 Å². The molecule has 3 rings (SSSR count). The van der Waals surface area contributed by atoms with E-state index in [4.69, 9.17) is 4.74 Å². The lowest BCUT2D eigenvalue weighted by Crippen LogP contribution is -2.24. The van der Waals surface area contributed by atoms with Crippen molar-refractivity contribution in [3.05, 3.63) is 59.7 Å². The molecule has 2 aromatic carbocycles. The Kier molecular flexibility index (Phi) is 4.81. The molecule has 0 heterocycles. The zero-order chi connectivity index (χ0) is 16.1. The van der Waals surface area contributed by atoms with Crippen LogP contribution in [0, 0.1) is 5.92 Å². The summed E-state index contributed by atoms with van der Waals surface area (Å²) in [6.07, 6.45) is 2.08. The first-order valence-electron chi connectivity index (χ1n) is 7.98. The molecule has 0 aliphatic heterocycles. The number of carbonyl (C=O) groups excluding carboxylic acids is 1. The van der Waals surface area contributed by atoms with Gasteiger partial charge in [-0.3, -0.25) is 4.79 Å². The summed E-state index contributed by atoms with van der Waals surface area (Å²) in [5.74, 6) is 1.32. The van der Waals surface area contributed by atoms with Crippen LogP contribution < -0.4 is 15.4 Å². The van der Waals surface area contributed by atoms with E-state index in [1.165, 1.54) is 5.56 Å². The number of anilines is 1. The largest absolute Gasteiger partial charge is 0.497 e. The van der Waals surface area contributed by atoms with Crippen molar-refractivity contribution < 1.29 is 9.53 Å². The van der Waals surface area contributed by atoms with Crippen molar-refractivity contribution in [3.63, 3.8) is 0 Å². The fraction of sp³-hybridized carbons (Fsp3) is 0.316. The third-order valence-electron chi connectivity index (χ3n) is 4.02. The molecule has 2 aromatic rings. The Bertz CT molecular complexity index is 646. The van der Waals surface area contributed by atoms with Crippen molar-refractivity contribution in [1.29, 1.82) is 0 Å². The molecule has 120 valence electrons. The van der Waals surface area contributed by atoms with E-state index in [-0.39, 0.29) is 11.8 Å². The summed E-state index contributed by atoms with van der Waals surface area (Å²) in [5.41, 5.74) is 3.39. The lowest BCUT2D eigenvalue weighted by Gasteiger charge is -2.09. The topological polar surface area (TPSA) is 50.4 Å². The molecule has 0 saturated heterocycles. The number of rotatable bonds is 7. The summed E-state index contributed by atoms with van der Waals surface area (Å²) in [5, 5.41) is 6.37. The van der Waals surface area contributed by atoms with Gasteiger partial charge in [0, 0.05) is 24.7 Å². The van der Waals surface area contributed by atoms with E-state index in [2.05, 4.69) is 10.6 Å². The Morgan fingerprint density at radius 2 is 1.61 bits per heavy atom. The minimum atomic E-state index is 0.187. The first-order valence-corrected chi connectivity index (χ1v) is 7.98. The highest BCUT2D eigenvalue weighted by molar-refractivity contribution is 5.80. The number of hydrogen-bond donors (Lipinski definition) is 2. The van der Waals surface area contributed by atoms with Crippen LogP contribution in [0.2, 0.25) is 0 Å². The summed E-state index contributed by atoms with van der Waals surface area (Å²) in [4.78, 5) is 11.6. The Morgan fingerprint density at radius 1 is 1.00 bits per heavy atom. The van der Waals surface area contributed by atoms with Gasteiger partial charge in [-0.15, -0.1) is 0 Å². The number of amides is 1. The van der Waals surface area contributed by atoms with Gasteiger partial charge in [0.1, 0.15) is 5.75 Å². The second-order valence-electron chi connectivity index (χ2n) is 5.89. The first-order chi connectivity index (χ1) is 11.2. The predicted molar refractivity (Wildman–Crippen MR) is 91.3 cm³/mol. The Labute approximate surface area is 136 Å². The number of methoxy groups -OCH3 is 1. The van der Waals surface area contributed by atoms with Crippen molar-refractivity contribution in [2.45, 2.75) is 25.9 Å². The van der Waals surface area contributed by atoms with Gasteiger partial charge < -0.3 is 15.4 Å². The molecule has 2 N–H and O–H groups in total. The smallest absolute Gasteiger partial charge is 0.223 e. The quantitative estimate of drug-likeness (QED) is 0.824. The van der Waals surface area contributed by atoms with Crippen LogP contribution in [0.1, 0.15) is 24.0 Å². The molecular weight excluding hydrogens is 288 g/mol. The molecule has 1 fully saturated rings. The molecule has 1 aliphatic rings. The molecule has 0 aromatic heterocycles. The van der Waals surface area contributed by atoms with Gasteiger partial charge in [0.25, 0.3) is 0 Å². The maximum atomic E-state index is 11.6. The molecule has 4 nitrogen and oxygen atoms in total. The van der Waals surface area contributed by atoms with Gasteiger partial charge in [-0.1, -0.05) is 24.3 Å². The molecule has 0 atom stereocenters. The molecule has 1 amide bonds. The van der Waals surface area contributed by atoms with Crippen LogP contribution in [0.3, 0.4) is 0 Å². The average molecular weight is 310 g/mol. The van der Waals surface area contributed by atoms with E-state index >= 15 is 0 Å². The molecule has 0 radical (unpaired) electrons. The number of nitrogens with one attached hydrogen (secondary N) is 2. The van der Waals surface area contributed by atoms with E-state index in [1.54, 1.807) is 7.11 Å². The zero-order valence-corrected chi connectivity index (χ0v) is 13.3. The van der Waals surface area contributed by atoms with Crippen LogP contribution in [0.15, 0.2) is 48.5 Å². The third kappa shape index (κ3) is 4.49. The van der Waals surface area contributed by atoms with Crippen molar-refractivity contribution in [2.75, 3.05) is 12.4 Å². The molecule has 0 bridgehead atoms. The second kappa shape index (κ2) is 7.18. The normalized spacial score (nSPS) is 13.4. The molecule has 1 aliphatic carbocycles. The third-order valence-corrected chi connectivity index (χ3v) is 4.02. The van der Waals surface area contributed by atoms with Crippen LogP contribution in [0.25, 0.3) is 0 Å². The van der Waals surface area contributed by atoms with Crippen molar-refractivity contribution in [1.82, 2.24) is 5.32 Å². The van der Waals surface area contributed by atoms with E-state index in [9.17, 15) is 4.79 Å². The standard InChI is InChI=1S/C19H22N2O2/c1-23-18-10-4-15(5-11-18)12-20-17-8-2-14(3-9-17)13-21-19(22)16-6-7-16/h2-5,8-11,16,20H,6-7,12-13H2,1H3,(H,21,22). The van der Waals surface area contributed by atoms with Gasteiger partial charge >= 0.3 is 0 Å². The Morgan fingerprint density at radius 3 is 2.22 bits per heavy atom. The van der Waals surface area contributed by atoms with Crippen LogP contribution in [-0.2, 0) is 17.9 Å². The monoisotopic (exact) mass is 310 g/mol. The van der Waals surface area contributed by atoms with Gasteiger partial charge in [-0.2, -0.15) is 0 Å². The molecule has 0 unspecified atom stereocenters. The molecule has 4 heteroatoms. The minimum absolute atomic E-state index is 0.187. The van der Waals surface area contributed by atoms with Gasteiger partial charge in [0.15, 0.2) is 0 Å². The van der Waals surface area contributed by atoms with E-state index < -0.39 is 0 Å². The van der Waals surface area contributed by atoms with Crippen molar-refractivity contribution in [3.8, 4) is 5.75 Å². The highest BCUT2D eigenvalue weighted by Gasteiger charge is 2.29. The lowest BCUT2D eigenvalue weighted by molar-refractivity contribution is -0.122. The first kappa shape index (κ1) is 15.4. The van der Waals surface area contributed by atoms with Crippen LogP contribution in [0.5, 0.6) is 5.75 Å². The van der Waals surface area contributed by atoms with E-state index in [0.29, 0.717) is 6.54 Å². The maximum absolute atomic E-state index is 11.6. The highest BCUT2D eigenvalue weighted by atomic mass is 16.5. The fourth-order valence-corrected chi connectivity index (χ4v) is 2.37. The van der Waals surface area contributed by atoms with Crippen LogP contribution in [0.4, 0.5) is 5.69 Å². The molecule has 23 heavy (non-hydrogen) atoms. The van der Waals surface area contributed by atoms with Gasteiger partial charge in [-0.05, 0) is 48.2 Å². The lowest BCUT2D eigenvalue weighted by atomic mass is 10.2. The van der Waals surface area contributed by atoms with Crippen LogP contribution >= 0.6 is 0 Å². The summed E-state index contributed by atoms with van der Waals surface area (Å²) in [6, 6.07) is 16.2. The van der Waals surface area contributed by atoms with E-state index in [0.717, 1.165) is 36.4 Å². The summed E-state index contributed by atoms with van der Waals surface area (Å²) < 4.78 is 5.15. The van der Waals surface area contributed by atoms with Gasteiger partial charge in [-0.25, -0.2) is 0 Å². The number of carbonyl (C=O) groups is 1. The minimum Gasteiger partial charge on any atom is -0.497 e. The SMILES string of the molecule is COc1ccc(CNc2ccc(CNC(=O)C3CC3)cc2)cc1. The number of ether oxygens (including phenoxy) is 1. The maximum Gasteiger partial charge on any atom is 0.223 e. The predicted octanol–water partition coefficient (Wildman–Crippen LogP) is 3.33. The molecule has 0 spiro atoms. The van der Waals surface area contributed by atoms with Crippen molar-refractivity contribution in [2.24, 2.45) is 5.92 Å². The molecule has 1 saturated carbocycles. The van der Waals surface area contributed by atoms with Crippen LogP contribution in [-0.4, -0.2) is 13.0 Å². The number of hydrogen-bond acceptors (Lipinski definition) is 3. The highest BCUT2D eigenvalue weighted by Crippen LogP contribution is 2.28. The zero-order valence-electron chi connectivity index (χ0n) is 13.3. The van der Waals surface area contributed by atoms with Crippen molar-refractivity contribution >= 4 is 11.6 Å². The fourth-order valence-electron chi connectivity index (χ4n) is 2.37. The summed E-state index contributed by atoms with van der Waals surface area (Å²) in [7, 11) is 1.67. The summed E-state index contributed by atoms with van der Waals surface area (Å²) in [6.45, 7) is 1.37. The second-order valence-corrected chi connectivity index (χ2v) is 5.89. The van der Waals surface area contributed by atoms with Gasteiger partial charge in [0.2, 0.25) is 5.91 Å². The van der Waals surface area contributed by atoms with Gasteiger partial charge in [0.05, 0.1) is 7.11 Å².